The Morgan fingerprint density at radius 2 is 2.32 bits per heavy atom. The molecule has 0 spiro atoms. The smallest absolute Gasteiger partial charge is 0.323 e. The van der Waals surface area contributed by atoms with Crippen molar-refractivity contribution in [3.8, 4) is 11.5 Å². The lowest BCUT2D eigenvalue weighted by atomic mass is 10.2. The first kappa shape index (κ1) is 14.1. The number of methoxy groups -OCH3 is 1. The van der Waals surface area contributed by atoms with E-state index in [0.29, 0.717) is 25.5 Å². The van der Waals surface area contributed by atoms with Crippen molar-refractivity contribution in [3.63, 3.8) is 0 Å². The maximum Gasteiger partial charge on any atom is 0.323 e. The van der Waals surface area contributed by atoms with Gasteiger partial charge in [0.2, 0.25) is 0 Å². The van der Waals surface area contributed by atoms with Gasteiger partial charge in [0, 0.05) is 17.8 Å². The van der Waals surface area contributed by atoms with Crippen LogP contribution >= 0.6 is 0 Å². The van der Waals surface area contributed by atoms with Gasteiger partial charge in [0.05, 0.1) is 20.2 Å². The monoisotopic (exact) mass is 300 g/mol. The zero-order valence-electron chi connectivity index (χ0n) is 12.2. The van der Waals surface area contributed by atoms with E-state index in [1.807, 2.05) is 18.2 Å². The van der Waals surface area contributed by atoms with Gasteiger partial charge in [-0.3, -0.25) is 5.32 Å². The molecular formula is C15H16N4O3. The zero-order chi connectivity index (χ0) is 15.4. The first-order valence-corrected chi connectivity index (χ1v) is 6.88. The van der Waals surface area contributed by atoms with E-state index in [4.69, 9.17) is 9.47 Å². The molecule has 3 rings (SSSR count). The van der Waals surface area contributed by atoms with E-state index in [1.165, 1.54) is 6.33 Å². The molecule has 0 fully saturated rings. The van der Waals surface area contributed by atoms with E-state index in [1.54, 1.807) is 24.3 Å². The van der Waals surface area contributed by atoms with Crippen molar-refractivity contribution < 1.29 is 14.3 Å². The van der Waals surface area contributed by atoms with Crippen LogP contribution in [0.5, 0.6) is 11.5 Å². The van der Waals surface area contributed by atoms with Crippen molar-refractivity contribution in [2.24, 2.45) is 0 Å². The largest absolute Gasteiger partial charge is 0.497 e. The molecule has 0 atom stereocenters. The molecule has 1 N–H and O–H groups in total. The second kappa shape index (κ2) is 6.30. The van der Waals surface area contributed by atoms with Gasteiger partial charge in [-0.1, -0.05) is 0 Å². The van der Waals surface area contributed by atoms with Crippen molar-refractivity contribution in [2.45, 2.75) is 6.54 Å². The zero-order valence-corrected chi connectivity index (χ0v) is 12.2. The molecule has 0 saturated heterocycles. The number of ether oxygens (including phenoxy) is 2. The van der Waals surface area contributed by atoms with Gasteiger partial charge in [0.15, 0.2) is 0 Å². The van der Waals surface area contributed by atoms with Crippen LogP contribution in [0.15, 0.2) is 36.8 Å². The van der Waals surface area contributed by atoms with Crippen LogP contribution < -0.4 is 14.8 Å². The number of nitrogens with one attached hydrogen (secondary N) is 1. The van der Waals surface area contributed by atoms with E-state index in [2.05, 4.69) is 15.3 Å². The van der Waals surface area contributed by atoms with Crippen molar-refractivity contribution in [3.05, 3.63) is 42.4 Å². The summed E-state index contributed by atoms with van der Waals surface area (Å²) in [5.41, 5.74) is 0.941. The second-order valence-electron chi connectivity index (χ2n) is 4.77. The first-order valence-electron chi connectivity index (χ1n) is 6.88. The van der Waals surface area contributed by atoms with E-state index in [-0.39, 0.29) is 6.03 Å². The Balaban J connectivity index is 1.73. The molecule has 2 heterocycles. The van der Waals surface area contributed by atoms with Crippen LogP contribution in [0.3, 0.4) is 0 Å². The number of nitrogens with zero attached hydrogens (tertiary/aromatic N) is 3. The number of fused-ring (bicyclic) bond motifs is 1. The molecule has 2 aromatic rings. The molecule has 0 unspecified atom stereocenters. The number of carbonyl (C=O) groups excluding carboxylic acids is 1. The van der Waals surface area contributed by atoms with E-state index in [0.717, 1.165) is 17.1 Å². The molecule has 0 aliphatic carbocycles. The Labute approximate surface area is 127 Å². The van der Waals surface area contributed by atoms with Crippen LogP contribution in [-0.4, -0.2) is 41.2 Å². The number of rotatable bonds is 2. The van der Waals surface area contributed by atoms with Crippen molar-refractivity contribution >= 4 is 11.8 Å². The summed E-state index contributed by atoms with van der Waals surface area (Å²) in [4.78, 5) is 21.8. The van der Waals surface area contributed by atoms with Gasteiger partial charge in [-0.15, -0.1) is 0 Å². The van der Waals surface area contributed by atoms with Gasteiger partial charge in [0.25, 0.3) is 0 Å². The molecule has 7 nitrogen and oxygen atoms in total. The normalized spacial score (nSPS) is 13.6. The Morgan fingerprint density at radius 1 is 1.41 bits per heavy atom. The quantitative estimate of drug-likeness (QED) is 0.917. The van der Waals surface area contributed by atoms with Gasteiger partial charge in [-0.2, -0.15) is 0 Å². The molecule has 7 heteroatoms. The lowest BCUT2D eigenvalue weighted by molar-refractivity contribution is 0.200. The van der Waals surface area contributed by atoms with E-state index >= 15 is 0 Å². The summed E-state index contributed by atoms with van der Waals surface area (Å²) in [6.07, 6.45) is 2.97. The van der Waals surface area contributed by atoms with E-state index in [9.17, 15) is 4.79 Å². The summed E-state index contributed by atoms with van der Waals surface area (Å²) in [6.45, 7) is 1.39. The highest BCUT2D eigenvalue weighted by Gasteiger charge is 2.20. The Morgan fingerprint density at radius 3 is 3.09 bits per heavy atom. The van der Waals surface area contributed by atoms with Crippen molar-refractivity contribution in [1.82, 2.24) is 14.9 Å². The standard InChI is InChI=1S/C15H16N4O3/c1-21-12-3-2-11-9-19(6-7-22-13(11)8-12)15(20)18-14-4-5-16-10-17-14/h2-5,8,10H,6-7,9H2,1H3,(H,16,17,18,20). The highest BCUT2D eigenvalue weighted by molar-refractivity contribution is 5.88. The second-order valence-corrected chi connectivity index (χ2v) is 4.77. The molecule has 2 amide bonds. The van der Waals surface area contributed by atoms with Crippen LogP contribution in [0, 0.1) is 0 Å². The highest BCUT2D eigenvalue weighted by atomic mass is 16.5. The summed E-state index contributed by atoms with van der Waals surface area (Å²) >= 11 is 0. The predicted octanol–water partition coefficient (Wildman–Crippen LogP) is 1.91. The lowest BCUT2D eigenvalue weighted by Gasteiger charge is -2.20. The number of benzene rings is 1. The van der Waals surface area contributed by atoms with Gasteiger partial charge in [-0.25, -0.2) is 14.8 Å². The van der Waals surface area contributed by atoms with Gasteiger partial charge in [0.1, 0.15) is 30.3 Å². The highest BCUT2D eigenvalue weighted by Crippen LogP contribution is 2.27. The number of urea groups is 1. The average molecular weight is 300 g/mol. The molecule has 1 aliphatic rings. The molecule has 1 aromatic heterocycles. The summed E-state index contributed by atoms with van der Waals surface area (Å²) in [6, 6.07) is 7.02. The Bertz CT molecular complexity index is 663. The number of hydrogen-bond acceptors (Lipinski definition) is 5. The minimum Gasteiger partial charge on any atom is -0.497 e. The fraction of sp³-hybridized carbons (Fsp3) is 0.267. The third kappa shape index (κ3) is 3.08. The molecule has 1 aromatic carbocycles. The molecule has 114 valence electrons. The lowest BCUT2D eigenvalue weighted by Crippen LogP contribution is -2.36. The SMILES string of the molecule is COc1ccc2c(c1)OCCN(C(=O)Nc1ccncn1)C2. The molecule has 0 saturated carbocycles. The Kier molecular flexibility index (Phi) is 4.04. The minimum atomic E-state index is -0.217. The maximum atomic E-state index is 12.3. The Hall–Kier alpha value is -2.83. The minimum absolute atomic E-state index is 0.217. The molecule has 22 heavy (non-hydrogen) atoms. The third-order valence-electron chi connectivity index (χ3n) is 3.36. The third-order valence-corrected chi connectivity index (χ3v) is 3.36. The van der Waals surface area contributed by atoms with Crippen molar-refractivity contribution in [1.29, 1.82) is 0 Å². The summed E-state index contributed by atoms with van der Waals surface area (Å²) in [7, 11) is 1.61. The van der Waals surface area contributed by atoms with E-state index < -0.39 is 0 Å². The van der Waals surface area contributed by atoms with Crippen LogP contribution in [0.2, 0.25) is 0 Å². The van der Waals surface area contributed by atoms with Crippen LogP contribution in [-0.2, 0) is 6.54 Å². The number of amides is 2. The van der Waals surface area contributed by atoms with Crippen LogP contribution in [0.4, 0.5) is 10.6 Å². The van der Waals surface area contributed by atoms with Gasteiger partial charge >= 0.3 is 6.03 Å². The van der Waals surface area contributed by atoms with Crippen LogP contribution in [0.1, 0.15) is 5.56 Å². The summed E-state index contributed by atoms with van der Waals surface area (Å²) < 4.78 is 10.9. The number of hydrogen-bond donors (Lipinski definition) is 1. The molecular weight excluding hydrogens is 284 g/mol. The topological polar surface area (TPSA) is 76.6 Å². The fourth-order valence-electron chi connectivity index (χ4n) is 2.20. The predicted molar refractivity (Wildman–Crippen MR) is 79.9 cm³/mol. The van der Waals surface area contributed by atoms with Crippen molar-refractivity contribution in [2.75, 3.05) is 25.6 Å². The number of anilines is 1. The number of carbonyl (C=O) groups is 1. The maximum absolute atomic E-state index is 12.3. The summed E-state index contributed by atoms with van der Waals surface area (Å²) in [5, 5.41) is 2.75. The first-order chi connectivity index (χ1) is 10.8. The number of aromatic nitrogens is 2. The molecule has 0 bridgehead atoms. The average Bonchev–Trinajstić information content (AvgIpc) is 2.77. The van der Waals surface area contributed by atoms with Crippen LogP contribution in [0.25, 0.3) is 0 Å². The molecule has 1 aliphatic heterocycles. The molecule has 0 radical (unpaired) electrons. The fourth-order valence-corrected chi connectivity index (χ4v) is 2.20. The summed E-state index contributed by atoms with van der Waals surface area (Å²) in [5.74, 6) is 1.95. The van der Waals surface area contributed by atoms with Gasteiger partial charge in [-0.05, 0) is 18.2 Å². The van der Waals surface area contributed by atoms with Gasteiger partial charge < -0.3 is 14.4 Å².